The highest BCUT2D eigenvalue weighted by atomic mass is 35.5. The molecule has 5 nitrogen and oxygen atoms in total. The second-order valence-electron chi connectivity index (χ2n) is 7.27. The van der Waals surface area contributed by atoms with E-state index in [4.69, 9.17) is 28.2 Å². The topological polar surface area (TPSA) is 51.7 Å². The normalized spacial score (nSPS) is 21.1. The molecular formula is C20H33Cl2N5. The number of anilines is 1. The molecule has 152 valence electrons. The molecule has 0 fully saturated rings. The van der Waals surface area contributed by atoms with Crippen molar-refractivity contribution >= 4 is 34.7 Å². The van der Waals surface area contributed by atoms with E-state index in [0.29, 0.717) is 22.1 Å². The van der Waals surface area contributed by atoms with Gasteiger partial charge in [-0.25, -0.2) is 4.99 Å². The van der Waals surface area contributed by atoms with Crippen LogP contribution in [0.2, 0.25) is 10.0 Å². The van der Waals surface area contributed by atoms with Crippen molar-refractivity contribution in [1.82, 2.24) is 15.5 Å². The maximum atomic E-state index is 6.09. The van der Waals surface area contributed by atoms with Crippen molar-refractivity contribution in [2.24, 2.45) is 4.99 Å². The summed E-state index contributed by atoms with van der Waals surface area (Å²) in [5.41, 5.74) is 0.856. The van der Waals surface area contributed by atoms with Gasteiger partial charge in [-0.05, 0) is 64.5 Å². The number of rotatable bonds is 9. The lowest BCUT2D eigenvalue weighted by atomic mass is 10.1. The van der Waals surface area contributed by atoms with Crippen LogP contribution < -0.4 is 16.0 Å². The van der Waals surface area contributed by atoms with E-state index in [1.54, 1.807) is 6.07 Å². The molecule has 1 aromatic carbocycles. The van der Waals surface area contributed by atoms with Gasteiger partial charge in [-0.3, -0.25) is 5.32 Å². The third-order valence-corrected chi connectivity index (χ3v) is 5.25. The third kappa shape index (κ3) is 7.86. The second kappa shape index (κ2) is 11.1. The van der Waals surface area contributed by atoms with Gasteiger partial charge in [-0.15, -0.1) is 0 Å². The zero-order chi connectivity index (χ0) is 19.8. The fourth-order valence-corrected chi connectivity index (χ4v) is 3.87. The lowest BCUT2D eigenvalue weighted by Crippen LogP contribution is -2.49. The molecular weight excluding hydrogens is 381 g/mol. The van der Waals surface area contributed by atoms with Crippen LogP contribution in [0, 0.1) is 0 Å². The molecule has 27 heavy (non-hydrogen) atoms. The number of hydrogen-bond donors (Lipinski definition) is 3. The van der Waals surface area contributed by atoms with Crippen LogP contribution in [0.3, 0.4) is 0 Å². The molecule has 0 saturated heterocycles. The van der Waals surface area contributed by atoms with Gasteiger partial charge in [0, 0.05) is 34.2 Å². The summed E-state index contributed by atoms with van der Waals surface area (Å²) in [5, 5.41) is 11.6. The van der Waals surface area contributed by atoms with E-state index in [1.165, 1.54) is 6.42 Å². The molecule has 1 aliphatic heterocycles. The van der Waals surface area contributed by atoms with Crippen LogP contribution in [0.4, 0.5) is 5.69 Å². The van der Waals surface area contributed by atoms with Crippen LogP contribution in [-0.4, -0.2) is 48.7 Å². The molecule has 0 bridgehead atoms. The lowest BCUT2D eigenvalue weighted by molar-refractivity contribution is 0.292. The smallest absolute Gasteiger partial charge is 0.175 e. The van der Waals surface area contributed by atoms with Crippen molar-refractivity contribution in [2.45, 2.75) is 65.3 Å². The minimum absolute atomic E-state index is 0.200. The molecule has 7 heteroatoms. The zero-order valence-corrected chi connectivity index (χ0v) is 18.4. The summed E-state index contributed by atoms with van der Waals surface area (Å²) >= 11 is 12.2. The monoisotopic (exact) mass is 413 g/mol. The van der Waals surface area contributed by atoms with Crippen molar-refractivity contribution in [1.29, 1.82) is 0 Å². The van der Waals surface area contributed by atoms with E-state index < -0.39 is 0 Å². The Balaban J connectivity index is 1.89. The van der Waals surface area contributed by atoms with Crippen LogP contribution >= 0.6 is 23.2 Å². The van der Waals surface area contributed by atoms with Gasteiger partial charge in [0.1, 0.15) is 5.84 Å². The molecule has 3 unspecified atom stereocenters. The predicted molar refractivity (Wildman–Crippen MR) is 118 cm³/mol. The number of hydrogen-bond acceptors (Lipinski definition) is 5. The van der Waals surface area contributed by atoms with E-state index in [0.717, 1.165) is 44.0 Å². The number of aliphatic imine (C=N–C) groups is 1. The van der Waals surface area contributed by atoms with Gasteiger partial charge in [0.2, 0.25) is 0 Å². The summed E-state index contributed by atoms with van der Waals surface area (Å²) in [4.78, 5) is 7.25. The first-order valence-electron chi connectivity index (χ1n) is 9.93. The zero-order valence-electron chi connectivity index (χ0n) is 16.9. The van der Waals surface area contributed by atoms with E-state index in [9.17, 15) is 0 Å². The Morgan fingerprint density at radius 3 is 2.52 bits per heavy atom. The number of benzene rings is 1. The summed E-state index contributed by atoms with van der Waals surface area (Å²) in [6.07, 6.45) is 3.03. The molecule has 0 aromatic heterocycles. The minimum Gasteiger partial charge on any atom is -0.371 e. The molecule has 0 radical (unpaired) electrons. The van der Waals surface area contributed by atoms with Crippen molar-refractivity contribution < 1.29 is 0 Å². The lowest BCUT2D eigenvalue weighted by Gasteiger charge is -2.30. The summed E-state index contributed by atoms with van der Waals surface area (Å²) < 4.78 is 0. The molecule has 3 N–H and O–H groups in total. The summed E-state index contributed by atoms with van der Waals surface area (Å²) in [5.74, 6) is 1.04. The van der Waals surface area contributed by atoms with E-state index >= 15 is 0 Å². The predicted octanol–water partition coefficient (Wildman–Crippen LogP) is 4.57. The van der Waals surface area contributed by atoms with Crippen LogP contribution in [0.25, 0.3) is 0 Å². The largest absolute Gasteiger partial charge is 0.371 e. The van der Waals surface area contributed by atoms with Crippen molar-refractivity contribution in [2.75, 3.05) is 25.0 Å². The van der Waals surface area contributed by atoms with Crippen LogP contribution in [0.5, 0.6) is 0 Å². The van der Waals surface area contributed by atoms with Crippen molar-refractivity contribution in [3.63, 3.8) is 0 Å². The highest BCUT2D eigenvalue weighted by Gasteiger charge is 2.21. The second-order valence-corrected chi connectivity index (χ2v) is 8.14. The van der Waals surface area contributed by atoms with E-state index in [-0.39, 0.29) is 6.29 Å². The van der Waals surface area contributed by atoms with Crippen LogP contribution in [0.15, 0.2) is 23.2 Å². The minimum atomic E-state index is -0.200. The van der Waals surface area contributed by atoms with Gasteiger partial charge in [0.05, 0.1) is 0 Å². The summed E-state index contributed by atoms with van der Waals surface area (Å²) in [6.45, 7) is 12.2. The summed E-state index contributed by atoms with van der Waals surface area (Å²) in [7, 11) is 0. The molecule has 1 heterocycles. The Hall–Kier alpha value is -1.01. The summed E-state index contributed by atoms with van der Waals surface area (Å²) in [6, 6.07) is 6.17. The number of nitrogens with one attached hydrogen (secondary N) is 3. The first kappa shape index (κ1) is 22.3. The molecule has 1 aliphatic rings. The molecule has 2 rings (SSSR count). The molecule has 0 saturated carbocycles. The Labute approximate surface area is 173 Å². The average Bonchev–Trinajstić information content (AvgIpc) is 2.57. The van der Waals surface area contributed by atoms with Gasteiger partial charge in [0.15, 0.2) is 6.29 Å². The maximum absolute atomic E-state index is 6.09. The average molecular weight is 414 g/mol. The molecule has 1 aromatic rings. The van der Waals surface area contributed by atoms with Crippen molar-refractivity contribution in [3.8, 4) is 0 Å². The van der Waals surface area contributed by atoms with Crippen molar-refractivity contribution in [3.05, 3.63) is 28.2 Å². The van der Waals surface area contributed by atoms with Gasteiger partial charge in [-0.2, -0.15) is 0 Å². The van der Waals surface area contributed by atoms with Gasteiger partial charge in [-0.1, -0.05) is 37.0 Å². The van der Waals surface area contributed by atoms with Gasteiger partial charge >= 0.3 is 0 Å². The Kier molecular flexibility index (Phi) is 9.16. The molecule has 3 atom stereocenters. The fourth-order valence-electron chi connectivity index (χ4n) is 3.35. The Morgan fingerprint density at radius 1 is 1.22 bits per heavy atom. The molecule has 0 amide bonds. The standard InChI is InChI=1S/C20H33Cl2N5/c1-5-27(6-2)9-7-8-14(3)23-19-10-15(4)24-20(26-19)25-18-12-16(21)11-17(22)13-18/h11-15,20,24-25H,5-10H2,1-4H3,(H,23,26). The van der Waals surface area contributed by atoms with E-state index in [1.807, 2.05) is 12.1 Å². The highest BCUT2D eigenvalue weighted by Crippen LogP contribution is 2.23. The number of halogens is 2. The van der Waals surface area contributed by atoms with Crippen LogP contribution in [0.1, 0.15) is 47.0 Å². The number of nitrogens with zero attached hydrogens (tertiary/aromatic N) is 2. The third-order valence-electron chi connectivity index (χ3n) is 4.81. The fraction of sp³-hybridized carbons (Fsp3) is 0.650. The molecule has 0 aliphatic carbocycles. The first-order chi connectivity index (χ1) is 12.9. The first-order valence-corrected chi connectivity index (χ1v) is 10.7. The molecule has 0 spiro atoms. The van der Waals surface area contributed by atoms with Gasteiger partial charge < -0.3 is 15.5 Å². The SMILES string of the molecule is CCN(CC)CCCC(C)NC1=NC(Nc2cc(Cl)cc(Cl)c2)NC(C)C1. The van der Waals surface area contributed by atoms with Gasteiger partial charge in [0.25, 0.3) is 0 Å². The number of amidine groups is 1. The quantitative estimate of drug-likeness (QED) is 0.554. The maximum Gasteiger partial charge on any atom is 0.175 e. The van der Waals surface area contributed by atoms with Crippen LogP contribution in [-0.2, 0) is 0 Å². The highest BCUT2D eigenvalue weighted by molar-refractivity contribution is 6.35. The Bertz CT molecular complexity index is 598. The Morgan fingerprint density at radius 2 is 1.89 bits per heavy atom. The van der Waals surface area contributed by atoms with E-state index in [2.05, 4.69) is 48.5 Å².